The van der Waals surface area contributed by atoms with Crippen molar-refractivity contribution in [3.8, 4) is 10.7 Å². The molecular formula is C16H15N5O3S2. The van der Waals surface area contributed by atoms with Crippen molar-refractivity contribution in [1.29, 1.82) is 0 Å². The average molecular weight is 389 g/mol. The fourth-order valence-electron chi connectivity index (χ4n) is 2.09. The van der Waals surface area contributed by atoms with Crippen LogP contribution >= 0.6 is 11.3 Å². The van der Waals surface area contributed by atoms with Crippen LogP contribution in [0.2, 0.25) is 0 Å². The summed E-state index contributed by atoms with van der Waals surface area (Å²) in [4.78, 5) is 16.6. The number of benzene rings is 1. The van der Waals surface area contributed by atoms with Crippen LogP contribution < -0.4 is 10.0 Å². The van der Waals surface area contributed by atoms with Crippen LogP contribution in [0, 0.1) is 0 Å². The van der Waals surface area contributed by atoms with Crippen LogP contribution in [-0.2, 0) is 10.0 Å². The molecule has 0 radical (unpaired) electrons. The fraction of sp³-hybridized carbons (Fsp3) is 0.125. The largest absolute Gasteiger partial charge is 0.296 e. The van der Waals surface area contributed by atoms with Crippen molar-refractivity contribution < 1.29 is 13.2 Å². The van der Waals surface area contributed by atoms with E-state index in [0.717, 1.165) is 0 Å². The number of nitrogens with zero attached hydrogens (tertiary/aromatic N) is 3. The van der Waals surface area contributed by atoms with Gasteiger partial charge in [-0.3, -0.25) is 15.1 Å². The molecule has 0 atom stereocenters. The van der Waals surface area contributed by atoms with Crippen molar-refractivity contribution in [2.45, 2.75) is 11.8 Å². The second kappa shape index (κ2) is 7.68. The Morgan fingerprint density at radius 2 is 1.88 bits per heavy atom. The van der Waals surface area contributed by atoms with E-state index in [1.807, 2.05) is 6.07 Å². The summed E-state index contributed by atoms with van der Waals surface area (Å²) in [5.74, 6) is -0.402. The highest BCUT2D eigenvalue weighted by Crippen LogP contribution is 2.24. The summed E-state index contributed by atoms with van der Waals surface area (Å²) in [6.45, 7) is 1.99. The second-order valence-corrected chi connectivity index (χ2v) is 7.85. The molecule has 8 nitrogen and oxygen atoms in total. The number of sulfonamides is 1. The molecule has 0 aliphatic heterocycles. The van der Waals surface area contributed by atoms with Crippen molar-refractivity contribution in [2.24, 2.45) is 0 Å². The number of anilines is 1. The smallest absolute Gasteiger partial charge is 0.257 e. The number of hydrogen-bond donors (Lipinski definition) is 2. The van der Waals surface area contributed by atoms with Crippen LogP contribution in [-0.4, -0.2) is 36.1 Å². The molecule has 0 bridgehead atoms. The molecule has 0 saturated carbocycles. The Hall–Kier alpha value is -2.69. The summed E-state index contributed by atoms with van der Waals surface area (Å²) in [5, 5.41) is 11.5. The molecule has 0 spiro atoms. The minimum Gasteiger partial charge on any atom is -0.296 e. The first kappa shape index (κ1) is 18.1. The monoisotopic (exact) mass is 389 g/mol. The molecule has 0 fully saturated rings. The van der Waals surface area contributed by atoms with Crippen molar-refractivity contribution >= 4 is 32.4 Å². The molecule has 134 valence electrons. The Morgan fingerprint density at radius 1 is 1.12 bits per heavy atom. The van der Waals surface area contributed by atoms with Gasteiger partial charge in [-0.15, -0.1) is 10.2 Å². The van der Waals surface area contributed by atoms with E-state index < -0.39 is 15.9 Å². The molecule has 2 aromatic heterocycles. The topological polar surface area (TPSA) is 114 Å². The average Bonchev–Trinajstić information content (AvgIpc) is 3.11. The lowest BCUT2D eigenvalue weighted by Gasteiger charge is -2.05. The maximum Gasteiger partial charge on any atom is 0.257 e. The van der Waals surface area contributed by atoms with Crippen LogP contribution in [0.3, 0.4) is 0 Å². The van der Waals surface area contributed by atoms with Gasteiger partial charge in [0.2, 0.25) is 15.2 Å². The van der Waals surface area contributed by atoms with Gasteiger partial charge in [0.25, 0.3) is 5.91 Å². The van der Waals surface area contributed by atoms with Crippen LogP contribution in [0.25, 0.3) is 10.7 Å². The number of amides is 1. The molecule has 2 N–H and O–H groups in total. The van der Waals surface area contributed by atoms with E-state index in [9.17, 15) is 13.2 Å². The highest BCUT2D eigenvalue weighted by molar-refractivity contribution is 7.89. The first-order valence-electron chi connectivity index (χ1n) is 7.65. The van der Waals surface area contributed by atoms with E-state index in [-0.39, 0.29) is 4.90 Å². The van der Waals surface area contributed by atoms with Crippen molar-refractivity contribution in [3.05, 3.63) is 54.2 Å². The molecule has 1 aromatic carbocycles. The Bertz CT molecular complexity index is 1000. The van der Waals surface area contributed by atoms with Crippen LogP contribution in [0.1, 0.15) is 17.3 Å². The molecule has 0 aliphatic rings. The molecule has 1 amide bonds. The number of pyridine rings is 1. The van der Waals surface area contributed by atoms with Crippen molar-refractivity contribution in [2.75, 3.05) is 11.9 Å². The molecule has 3 aromatic rings. The Balaban J connectivity index is 1.72. The van der Waals surface area contributed by atoms with Gasteiger partial charge in [-0.25, -0.2) is 13.1 Å². The molecule has 10 heteroatoms. The summed E-state index contributed by atoms with van der Waals surface area (Å²) >= 11 is 1.20. The Kier molecular flexibility index (Phi) is 5.35. The van der Waals surface area contributed by atoms with Gasteiger partial charge in [0, 0.05) is 18.3 Å². The number of carbonyl (C=O) groups excluding carboxylic acids is 1. The van der Waals surface area contributed by atoms with Crippen LogP contribution in [0.4, 0.5) is 5.13 Å². The SMILES string of the molecule is CCNS(=O)(=O)c1ccc(C(=O)Nc2nnc(-c3ccccn3)s2)cc1. The van der Waals surface area contributed by atoms with Gasteiger partial charge in [0.1, 0.15) is 5.69 Å². The molecule has 0 unspecified atom stereocenters. The minimum absolute atomic E-state index is 0.101. The minimum atomic E-state index is -3.55. The first-order valence-corrected chi connectivity index (χ1v) is 9.95. The first-order chi connectivity index (χ1) is 12.5. The van der Waals surface area contributed by atoms with Crippen molar-refractivity contribution in [1.82, 2.24) is 19.9 Å². The van der Waals surface area contributed by atoms with Crippen LogP contribution in [0.5, 0.6) is 0 Å². The number of hydrogen-bond acceptors (Lipinski definition) is 7. The van der Waals surface area contributed by atoms with E-state index in [1.54, 1.807) is 25.3 Å². The molecule has 2 heterocycles. The van der Waals surface area contributed by atoms with Crippen molar-refractivity contribution in [3.63, 3.8) is 0 Å². The zero-order valence-electron chi connectivity index (χ0n) is 13.7. The second-order valence-electron chi connectivity index (χ2n) is 5.11. The number of carbonyl (C=O) groups is 1. The van der Waals surface area contributed by atoms with Gasteiger partial charge in [0.05, 0.1) is 4.90 Å². The fourth-order valence-corrected chi connectivity index (χ4v) is 3.85. The third-order valence-electron chi connectivity index (χ3n) is 3.29. The highest BCUT2D eigenvalue weighted by Gasteiger charge is 2.15. The third kappa shape index (κ3) is 4.10. The predicted octanol–water partition coefficient (Wildman–Crippen LogP) is 2.15. The van der Waals surface area contributed by atoms with E-state index >= 15 is 0 Å². The summed E-state index contributed by atoms with van der Waals surface area (Å²) in [6, 6.07) is 11.1. The van der Waals surface area contributed by atoms with E-state index in [1.165, 1.54) is 35.6 Å². The summed E-state index contributed by atoms with van der Waals surface area (Å²) in [5.41, 5.74) is 0.985. The van der Waals surface area contributed by atoms with Gasteiger partial charge in [0.15, 0.2) is 5.01 Å². The zero-order chi connectivity index (χ0) is 18.6. The van der Waals surface area contributed by atoms with Gasteiger partial charge in [-0.2, -0.15) is 0 Å². The van der Waals surface area contributed by atoms with Gasteiger partial charge >= 0.3 is 0 Å². The van der Waals surface area contributed by atoms with Gasteiger partial charge in [-0.05, 0) is 36.4 Å². The molecule has 0 saturated heterocycles. The highest BCUT2D eigenvalue weighted by atomic mass is 32.2. The van der Waals surface area contributed by atoms with Gasteiger partial charge < -0.3 is 0 Å². The Labute approximate surface area is 154 Å². The molecule has 0 aliphatic carbocycles. The number of nitrogens with one attached hydrogen (secondary N) is 2. The van der Waals surface area contributed by atoms with Crippen LogP contribution in [0.15, 0.2) is 53.6 Å². The third-order valence-corrected chi connectivity index (χ3v) is 5.71. The maximum atomic E-state index is 12.3. The van der Waals surface area contributed by atoms with Gasteiger partial charge in [-0.1, -0.05) is 24.3 Å². The summed E-state index contributed by atoms with van der Waals surface area (Å²) < 4.78 is 26.2. The standard InChI is InChI=1S/C16H15N5O3S2/c1-2-18-26(23,24)12-8-6-11(7-9-12)14(22)19-16-21-20-15(25-16)13-5-3-4-10-17-13/h3-10,18H,2H2,1H3,(H,19,21,22). The number of aromatic nitrogens is 3. The summed E-state index contributed by atoms with van der Waals surface area (Å²) in [7, 11) is -3.55. The van der Waals surface area contributed by atoms with E-state index in [0.29, 0.717) is 27.9 Å². The lowest BCUT2D eigenvalue weighted by molar-refractivity contribution is 0.102. The predicted molar refractivity (Wildman–Crippen MR) is 98.4 cm³/mol. The quantitative estimate of drug-likeness (QED) is 0.668. The lowest BCUT2D eigenvalue weighted by Crippen LogP contribution is -2.23. The number of rotatable bonds is 6. The molecule has 3 rings (SSSR count). The molecule has 26 heavy (non-hydrogen) atoms. The van der Waals surface area contributed by atoms with E-state index in [4.69, 9.17) is 0 Å². The molecular weight excluding hydrogens is 374 g/mol. The Morgan fingerprint density at radius 3 is 2.54 bits per heavy atom. The van der Waals surface area contributed by atoms with E-state index in [2.05, 4.69) is 25.2 Å². The maximum absolute atomic E-state index is 12.3. The normalized spacial score (nSPS) is 11.3. The summed E-state index contributed by atoms with van der Waals surface area (Å²) in [6.07, 6.45) is 1.65. The zero-order valence-corrected chi connectivity index (χ0v) is 15.3. The lowest BCUT2D eigenvalue weighted by atomic mass is 10.2.